The molecule has 1 aliphatic heterocycles. The van der Waals surface area contributed by atoms with Crippen LogP contribution in [0, 0.1) is 0 Å². The Hall–Kier alpha value is -1.39. The van der Waals surface area contributed by atoms with Crippen LogP contribution >= 0.6 is 0 Å². The van der Waals surface area contributed by atoms with E-state index in [9.17, 15) is 20.4 Å². The number of hydrogen-bond donors (Lipinski definition) is 4. The van der Waals surface area contributed by atoms with Crippen LogP contribution in [0.4, 0.5) is 0 Å². The van der Waals surface area contributed by atoms with E-state index in [4.69, 9.17) is 9.57 Å². The Labute approximate surface area is 204 Å². The van der Waals surface area contributed by atoms with Crippen LogP contribution in [0.3, 0.4) is 0 Å². The summed E-state index contributed by atoms with van der Waals surface area (Å²) in [6.07, 6.45) is 14.9. The number of aliphatic hydroxyl groups is 4. The van der Waals surface area contributed by atoms with Gasteiger partial charge in [-0.25, -0.2) is 0 Å². The van der Waals surface area contributed by atoms with Crippen LogP contribution in [0.2, 0.25) is 0 Å². The van der Waals surface area contributed by atoms with Gasteiger partial charge < -0.3 is 25.2 Å². The minimum absolute atomic E-state index is 0.448. The summed E-state index contributed by atoms with van der Waals surface area (Å²) in [7, 11) is 1.47. The van der Waals surface area contributed by atoms with Crippen molar-refractivity contribution in [2.75, 3.05) is 20.3 Å². The molecule has 0 radical (unpaired) electrons. The Morgan fingerprint density at radius 2 is 1.62 bits per heavy atom. The normalized spacial score (nSPS) is 25.4. The van der Waals surface area contributed by atoms with Gasteiger partial charge in [-0.2, -0.15) is 5.06 Å². The third-order valence-electron chi connectivity index (χ3n) is 6.36. The average Bonchev–Trinajstić information content (AvgIpc) is 2.86. The van der Waals surface area contributed by atoms with Gasteiger partial charge in [-0.1, -0.05) is 43.9 Å². The number of unbranched alkanes of at least 4 members (excludes halogenated alkanes) is 8. The molecule has 194 valence electrons. The van der Waals surface area contributed by atoms with Crippen LogP contribution in [0.25, 0.3) is 0 Å². The quantitative estimate of drug-likeness (QED) is 0.153. The third kappa shape index (κ3) is 10.1. The summed E-state index contributed by atoms with van der Waals surface area (Å²) in [6.45, 7) is 0.0593. The number of hydrogen-bond acceptors (Lipinski definition) is 8. The Bertz CT molecular complexity index is 660. The standard InChI is InChI=1S/C26H44N2O6/c1-33-28(26-25(32)24(31)23(30)22(20-29)34-26)18-13-11-9-7-5-3-2-4-6-8-10-12-15-21-16-14-17-27-19-21/h5,7,14,16-17,19,22-26,29-32H,2-4,6,8-13,15,18,20H2,1H3/b7-5-/t22?,23-,24+,25?,26-/m1/s1. The lowest BCUT2D eigenvalue weighted by Crippen LogP contribution is -2.63. The number of aliphatic hydroxyl groups excluding tert-OH is 4. The zero-order valence-corrected chi connectivity index (χ0v) is 20.5. The molecule has 2 rings (SSSR count). The van der Waals surface area contributed by atoms with Gasteiger partial charge in [-0.3, -0.25) is 9.82 Å². The van der Waals surface area contributed by atoms with Crippen LogP contribution in [0.1, 0.15) is 69.8 Å². The number of pyridine rings is 1. The predicted molar refractivity (Wildman–Crippen MR) is 131 cm³/mol. The van der Waals surface area contributed by atoms with Crippen molar-refractivity contribution in [2.45, 2.75) is 101 Å². The van der Waals surface area contributed by atoms with E-state index in [0.717, 1.165) is 32.1 Å². The van der Waals surface area contributed by atoms with Gasteiger partial charge in [-0.05, 0) is 56.6 Å². The molecule has 8 heteroatoms. The Kier molecular flexibility index (Phi) is 14.5. The van der Waals surface area contributed by atoms with E-state index in [0.29, 0.717) is 6.54 Å². The second-order valence-corrected chi connectivity index (χ2v) is 9.03. The molecule has 0 saturated carbocycles. The van der Waals surface area contributed by atoms with Crippen molar-refractivity contribution in [1.29, 1.82) is 0 Å². The fourth-order valence-electron chi connectivity index (χ4n) is 4.25. The number of hydroxylamine groups is 2. The number of allylic oxidation sites excluding steroid dienone is 2. The molecular weight excluding hydrogens is 436 g/mol. The topological polar surface area (TPSA) is 116 Å². The van der Waals surface area contributed by atoms with Gasteiger partial charge in [0.05, 0.1) is 13.7 Å². The molecule has 0 bridgehead atoms. The van der Waals surface area contributed by atoms with Gasteiger partial charge in [0.15, 0.2) is 6.23 Å². The summed E-state index contributed by atoms with van der Waals surface area (Å²) >= 11 is 0. The zero-order chi connectivity index (χ0) is 24.6. The van der Waals surface area contributed by atoms with Crippen molar-refractivity contribution in [3.05, 3.63) is 42.2 Å². The summed E-state index contributed by atoms with van der Waals surface area (Å²) in [5.74, 6) is 0. The van der Waals surface area contributed by atoms with Crippen molar-refractivity contribution < 1.29 is 30.0 Å². The fourth-order valence-corrected chi connectivity index (χ4v) is 4.25. The number of rotatable bonds is 17. The van der Waals surface area contributed by atoms with Gasteiger partial charge in [0.2, 0.25) is 0 Å². The molecule has 2 unspecified atom stereocenters. The van der Waals surface area contributed by atoms with Crippen LogP contribution < -0.4 is 0 Å². The average molecular weight is 481 g/mol. The lowest BCUT2D eigenvalue weighted by atomic mass is 9.98. The first-order chi connectivity index (χ1) is 16.6. The molecule has 5 atom stereocenters. The second kappa shape index (κ2) is 17.1. The lowest BCUT2D eigenvalue weighted by molar-refractivity contribution is -0.328. The van der Waals surface area contributed by atoms with Crippen molar-refractivity contribution >= 4 is 0 Å². The molecule has 2 heterocycles. The zero-order valence-electron chi connectivity index (χ0n) is 20.5. The fraction of sp³-hybridized carbons (Fsp3) is 0.731. The molecular formula is C26H44N2O6. The van der Waals surface area contributed by atoms with Crippen LogP contribution in [-0.2, 0) is 16.0 Å². The minimum atomic E-state index is -1.40. The van der Waals surface area contributed by atoms with E-state index in [1.165, 1.54) is 56.3 Å². The maximum absolute atomic E-state index is 10.2. The van der Waals surface area contributed by atoms with Gasteiger partial charge in [-0.15, -0.1) is 0 Å². The number of nitrogens with zero attached hydrogens (tertiary/aromatic N) is 2. The summed E-state index contributed by atoms with van der Waals surface area (Å²) < 4.78 is 5.54. The van der Waals surface area contributed by atoms with Crippen LogP contribution in [0.15, 0.2) is 36.7 Å². The van der Waals surface area contributed by atoms with Crippen molar-refractivity contribution in [3.63, 3.8) is 0 Å². The van der Waals surface area contributed by atoms with E-state index < -0.39 is 37.3 Å². The van der Waals surface area contributed by atoms with E-state index in [1.54, 1.807) is 0 Å². The Morgan fingerprint density at radius 1 is 0.941 bits per heavy atom. The molecule has 0 spiro atoms. The van der Waals surface area contributed by atoms with Gasteiger partial charge >= 0.3 is 0 Å². The predicted octanol–water partition coefficient (Wildman–Crippen LogP) is 2.74. The second-order valence-electron chi connectivity index (χ2n) is 9.03. The monoisotopic (exact) mass is 480 g/mol. The summed E-state index contributed by atoms with van der Waals surface area (Å²) in [5.41, 5.74) is 1.33. The van der Waals surface area contributed by atoms with Crippen molar-refractivity contribution in [1.82, 2.24) is 10.0 Å². The first-order valence-electron chi connectivity index (χ1n) is 12.7. The molecule has 34 heavy (non-hydrogen) atoms. The summed E-state index contributed by atoms with van der Waals surface area (Å²) in [4.78, 5) is 9.48. The molecule has 1 fully saturated rings. The highest BCUT2D eigenvalue weighted by atomic mass is 16.7. The smallest absolute Gasteiger partial charge is 0.162 e. The van der Waals surface area contributed by atoms with Crippen molar-refractivity contribution in [3.8, 4) is 0 Å². The molecule has 0 aliphatic carbocycles. The van der Waals surface area contributed by atoms with Crippen molar-refractivity contribution in [2.24, 2.45) is 0 Å². The largest absolute Gasteiger partial charge is 0.394 e. The molecule has 1 aliphatic rings. The highest BCUT2D eigenvalue weighted by Crippen LogP contribution is 2.24. The van der Waals surface area contributed by atoms with Gasteiger partial charge in [0, 0.05) is 18.9 Å². The number of ether oxygens (including phenoxy) is 1. The summed E-state index contributed by atoms with van der Waals surface area (Å²) in [6, 6.07) is 4.15. The van der Waals surface area contributed by atoms with Gasteiger partial charge in [0.1, 0.15) is 24.4 Å². The summed E-state index contributed by atoms with van der Waals surface area (Å²) in [5, 5.41) is 40.9. The first kappa shape index (κ1) is 28.8. The molecule has 0 amide bonds. The van der Waals surface area contributed by atoms with Gasteiger partial charge in [0.25, 0.3) is 0 Å². The Balaban J connectivity index is 1.47. The SMILES string of the molecule is CON(CCCC/C=C\CCCCCCCCc1cccnc1)[C@@H]1OC(CO)[C@@H](O)[C@H](O)C1O. The third-order valence-corrected chi connectivity index (χ3v) is 6.36. The maximum atomic E-state index is 10.2. The van der Waals surface area contributed by atoms with E-state index in [1.807, 2.05) is 18.5 Å². The molecule has 4 N–H and O–H groups in total. The van der Waals surface area contributed by atoms with Crippen LogP contribution in [-0.4, -0.2) is 81.4 Å². The molecule has 1 saturated heterocycles. The lowest BCUT2D eigenvalue weighted by Gasteiger charge is -2.43. The maximum Gasteiger partial charge on any atom is 0.162 e. The van der Waals surface area contributed by atoms with E-state index in [-0.39, 0.29) is 0 Å². The highest BCUT2D eigenvalue weighted by Gasteiger charge is 2.45. The molecule has 1 aromatic heterocycles. The van der Waals surface area contributed by atoms with E-state index in [2.05, 4.69) is 23.2 Å². The minimum Gasteiger partial charge on any atom is -0.394 e. The number of aryl methyl sites for hydroxylation is 1. The van der Waals surface area contributed by atoms with Crippen LogP contribution in [0.5, 0.6) is 0 Å². The van der Waals surface area contributed by atoms with E-state index >= 15 is 0 Å². The number of aromatic nitrogens is 1. The Morgan fingerprint density at radius 3 is 2.26 bits per heavy atom. The molecule has 8 nitrogen and oxygen atoms in total. The first-order valence-corrected chi connectivity index (χ1v) is 12.7. The highest BCUT2D eigenvalue weighted by molar-refractivity contribution is 5.08. The molecule has 1 aromatic rings. The molecule has 0 aromatic carbocycles.